The van der Waals surface area contributed by atoms with Gasteiger partial charge in [-0.05, 0) is 11.1 Å². The molecule has 0 saturated heterocycles. The molecule has 0 heterocycles. The number of nitrogens with zero attached hydrogens (tertiary/aromatic N) is 1. The third-order valence-electron chi connectivity index (χ3n) is 3.25. The van der Waals surface area contributed by atoms with E-state index in [9.17, 15) is 9.90 Å². The molecule has 2 N–H and O–H groups in total. The van der Waals surface area contributed by atoms with Crippen molar-refractivity contribution in [1.82, 2.24) is 4.90 Å². The van der Waals surface area contributed by atoms with Gasteiger partial charge >= 0.3 is 0 Å². The quantitative estimate of drug-likeness (QED) is 0.850. The van der Waals surface area contributed by atoms with Gasteiger partial charge in [-0.2, -0.15) is 0 Å². The topological polar surface area (TPSA) is 60.8 Å². The van der Waals surface area contributed by atoms with Gasteiger partial charge < -0.3 is 15.1 Å². The fraction of sp³-hybridized carbons (Fsp3) is 0.235. The van der Waals surface area contributed by atoms with E-state index in [0.717, 1.165) is 5.56 Å². The van der Waals surface area contributed by atoms with Gasteiger partial charge in [-0.15, -0.1) is 0 Å². The summed E-state index contributed by atoms with van der Waals surface area (Å²) < 4.78 is 0. The van der Waals surface area contributed by atoms with Crippen LogP contribution < -0.4 is 0 Å². The van der Waals surface area contributed by atoms with Crippen molar-refractivity contribution in [1.29, 1.82) is 0 Å². The Balaban J connectivity index is 2.12. The van der Waals surface area contributed by atoms with Crippen LogP contribution in [0.15, 0.2) is 60.7 Å². The minimum atomic E-state index is -1.21. The van der Waals surface area contributed by atoms with E-state index in [1.54, 1.807) is 24.3 Å². The Hall–Kier alpha value is -2.17. The Morgan fingerprint density at radius 2 is 1.57 bits per heavy atom. The fourth-order valence-corrected chi connectivity index (χ4v) is 2.14. The normalized spacial score (nSPS) is 11.9. The Kier molecular flexibility index (Phi) is 5.49. The summed E-state index contributed by atoms with van der Waals surface area (Å²) in [5.41, 5.74) is 1.51. The van der Waals surface area contributed by atoms with Crippen molar-refractivity contribution in [2.45, 2.75) is 12.6 Å². The first-order chi connectivity index (χ1) is 10.2. The summed E-state index contributed by atoms with van der Waals surface area (Å²) in [5.74, 6) is -0.404. The van der Waals surface area contributed by atoms with Crippen molar-refractivity contribution in [3.63, 3.8) is 0 Å². The highest BCUT2D eigenvalue weighted by Gasteiger charge is 2.23. The first-order valence-electron chi connectivity index (χ1n) is 6.89. The van der Waals surface area contributed by atoms with Crippen molar-refractivity contribution >= 4 is 5.91 Å². The molecule has 0 bridgehead atoms. The summed E-state index contributed by atoms with van der Waals surface area (Å²) in [5, 5.41) is 19.3. The lowest BCUT2D eigenvalue weighted by Crippen LogP contribution is -2.36. The standard InChI is InChI=1S/C17H19NO3/c19-12-11-18(13-14-7-3-1-4-8-14)17(21)16(20)15-9-5-2-6-10-15/h1-10,16,19-20H,11-13H2/t16-/m1/s1. The average Bonchev–Trinajstić information content (AvgIpc) is 2.55. The third-order valence-corrected chi connectivity index (χ3v) is 3.25. The van der Waals surface area contributed by atoms with Gasteiger partial charge in [0, 0.05) is 13.1 Å². The van der Waals surface area contributed by atoms with E-state index in [2.05, 4.69) is 0 Å². The van der Waals surface area contributed by atoms with Crippen LogP contribution >= 0.6 is 0 Å². The molecular weight excluding hydrogens is 266 g/mol. The molecule has 0 spiro atoms. The van der Waals surface area contributed by atoms with Crippen LogP contribution in [-0.2, 0) is 11.3 Å². The molecule has 110 valence electrons. The number of aliphatic hydroxyl groups is 2. The van der Waals surface area contributed by atoms with E-state index >= 15 is 0 Å². The van der Waals surface area contributed by atoms with E-state index in [1.807, 2.05) is 36.4 Å². The predicted octanol–water partition coefficient (Wildman–Crippen LogP) is 1.74. The van der Waals surface area contributed by atoms with Gasteiger partial charge in [-0.25, -0.2) is 0 Å². The lowest BCUT2D eigenvalue weighted by molar-refractivity contribution is -0.141. The highest BCUT2D eigenvalue weighted by molar-refractivity contribution is 5.82. The fourth-order valence-electron chi connectivity index (χ4n) is 2.14. The molecule has 1 amide bonds. The maximum absolute atomic E-state index is 12.4. The number of hydrogen-bond donors (Lipinski definition) is 2. The molecule has 0 aliphatic heterocycles. The number of rotatable bonds is 6. The Bertz CT molecular complexity index is 557. The predicted molar refractivity (Wildman–Crippen MR) is 80.3 cm³/mol. The van der Waals surface area contributed by atoms with Crippen LogP contribution in [0, 0.1) is 0 Å². The van der Waals surface area contributed by atoms with Crippen molar-refractivity contribution < 1.29 is 15.0 Å². The molecule has 2 aromatic carbocycles. The van der Waals surface area contributed by atoms with E-state index < -0.39 is 12.0 Å². The SMILES string of the molecule is O=C([C@H](O)c1ccccc1)N(CCO)Cc1ccccc1. The molecule has 0 saturated carbocycles. The number of benzene rings is 2. The van der Waals surface area contributed by atoms with Gasteiger partial charge in [-0.1, -0.05) is 60.7 Å². The minimum absolute atomic E-state index is 0.139. The lowest BCUT2D eigenvalue weighted by Gasteiger charge is -2.24. The molecular formula is C17H19NO3. The van der Waals surface area contributed by atoms with Crippen molar-refractivity contribution in [3.05, 3.63) is 71.8 Å². The molecule has 1 atom stereocenters. The highest BCUT2D eigenvalue weighted by Crippen LogP contribution is 2.17. The molecule has 0 radical (unpaired) electrons. The Morgan fingerprint density at radius 1 is 1.00 bits per heavy atom. The molecule has 2 rings (SSSR count). The Morgan fingerprint density at radius 3 is 2.14 bits per heavy atom. The molecule has 4 nitrogen and oxygen atoms in total. The number of aliphatic hydroxyl groups excluding tert-OH is 2. The van der Waals surface area contributed by atoms with Crippen LogP contribution in [0.25, 0.3) is 0 Å². The summed E-state index contributed by atoms with van der Waals surface area (Å²) in [6, 6.07) is 18.3. The monoisotopic (exact) mass is 285 g/mol. The second-order valence-corrected chi connectivity index (χ2v) is 4.78. The second-order valence-electron chi connectivity index (χ2n) is 4.78. The number of amides is 1. The lowest BCUT2D eigenvalue weighted by atomic mass is 10.1. The number of carbonyl (C=O) groups is 1. The zero-order valence-corrected chi connectivity index (χ0v) is 11.7. The Labute approximate surface area is 124 Å². The van der Waals surface area contributed by atoms with E-state index in [1.165, 1.54) is 4.90 Å². The zero-order chi connectivity index (χ0) is 15.1. The summed E-state index contributed by atoms with van der Waals surface area (Å²) in [4.78, 5) is 13.9. The summed E-state index contributed by atoms with van der Waals surface area (Å²) >= 11 is 0. The van der Waals surface area contributed by atoms with Crippen molar-refractivity contribution in [2.24, 2.45) is 0 Å². The smallest absolute Gasteiger partial charge is 0.256 e. The van der Waals surface area contributed by atoms with Crippen molar-refractivity contribution in [3.8, 4) is 0 Å². The third kappa shape index (κ3) is 4.15. The van der Waals surface area contributed by atoms with Gasteiger partial charge in [-0.3, -0.25) is 4.79 Å². The first kappa shape index (κ1) is 15.2. The van der Waals surface area contributed by atoms with E-state index in [4.69, 9.17) is 5.11 Å². The highest BCUT2D eigenvalue weighted by atomic mass is 16.3. The molecule has 2 aromatic rings. The van der Waals surface area contributed by atoms with Gasteiger partial charge in [0.15, 0.2) is 6.10 Å². The molecule has 4 heteroatoms. The second kappa shape index (κ2) is 7.57. The molecule has 0 fully saturated rings. The summed E-state index contributed by atoms with van der Waals surface area (Å²) in [6.07, 6.45) is -1.21. The first-order valence-corrected chi connectivity index (χ1v) is 6.89. The van der Waals surface area contributed by atoms with Crippen LogP contribution in [0.1, 0.15) is 17.2 Å². The van der Waals surface area contributed by atoms with Crippen LogP contribution in [0.5, 0.6) is 0 Å². The van der Waals surface area contributed by atoms with Crippen LogP contribution in [-0.4, -0.2) is 34.2 Å². The molecule has 0 unspecified atom stereocenters. The number of hydrogen-bond acceptors (Lipinski definition) is 3. The van der Waals surface area contributed by atoms with Gasteiger partial charge in [0.05, 0.1) is 6.61 Å². The van der Waals surface area contributed by atoms with E-state index in [0.29, 0.717) is 12.1 Å². The zero-order valence-electron chi connectivity index (χ0n) is 11.7. The number of carbonyl (C=O) groups excluding carboxylic acids is 1. The molecule has 0 aliphatic rings. The minimum Gasteiger partial charge on any atom is -0.395 e. The van der Waals surface area contributed by atoms with Crippen molar-refractivity contribution in [2.75, 3.05) is 13.2 Å². The molecule has 0 aromatic heterocycles. The summed E-state index contributed by atoms with van der Waals surface area (Å²) in [7, 11) is 0. The van der Waals surface area contributed by atoms with E-state index in [-0.39, 0.29) is 13.2 Å². The van der Waals surface area contributed by atoms with Gasteiger partial charge in [0.1, 0.15) is 0 Å². The van der Waals surface area contributed by atoms with Crippen LogP contribution in [0.4, 0.5) is 0 Å². The van der Waals surface area contributed by atoms with Gasteiger partial charge in [0.2, 0.25) is 0 Å². The average molecular weight is 285 g/mol. The van der Waals surface area contributed by atoms with Crippen LogP contribution in [0.2, 0.25) is 0 Å². The van der Waals surface area contributed by atoms with Gasteiger partial charge in [0.25, 0.3) is 5.91 Å². The van der Waals surface area contributed by atoms with Crippen LogP contribution in [0.3, 0.4) is 0 Å². The molecule has 21 heavy (non-hydrogen) atoms. The summed E-state index contributed by atoms with van der Waals surface area (Å²) in [6.45, 7) is 0.418. The molecule has 0 aliphatic carbocycles. The maximum Gasteiger partial charge on any atom is 0.256 e. The maximum atomic E-state index is 12.4. The largest absolute Gasteiger partial charge is 0.395 e.